The van der Waals surface area contributed by atoms with Crippen LogP contribution in [0.25, 0.3) is 0 Å². The van der Waals surface area contributed by atoms with Crippen LogP contribution in [0.2, 0.25) is 0 Å². The molecule has 12 N–H and O–H groups in total. The maximum Gasteiger partial charge on any atom is 0.481 e. The van der Waals surface area contributed by atoms with Crippen LogP contribution in [0.5, 0.6) is 0 Å². The smallest absolute Gasteiger partial charge is 0.395 e. The number of aliphatic hydroxyl groups is 9. The molecule has 0 aromatic heterocycles. The average Bonchev–Trinajstić information content (AvgIpc) is 3.14. The van der Waals surface area contributed by atoms with Crippen LogP contribution in [-0.4, -0.2) is 248 Å². The first-order chi connectivity index (χ1) is 29.7. The summed E-state index contributed by atoms with van der Waals surface area (Å²) in [5.41, 5.74) is 0. The molecule has 0 heterocycles. The van der Waals surface area contributed by atoms with Crippen LogP contribution >= 0.6 is 15.6 Å². The van der Waals surface area contributed by atoms with E-state index in [1.807, 2.05) is 0 Å². The maximum atomic E-state index is 13.5. The summed E-state index contributed by atoms with van der Waals surface area (Å²) in [6, 6.07) is 0. The first kappa shape index (κ1) is 71.1. The van der Waals surface area contributed by atoms with Crippen molar-refractivity contribution in [1.82, 2.24) is 14.7 Å². The lowest BCUT2D eigenvalue weighted by atomic mass is 9.88. The third-order valence-electron chi connectivity index (χ3n) is 7.41. The Hall–Kier alpha value is -1.41. The zero-order valence-corrected chi connectivity index (χ0v) is 35.6. The quantitative estimate of drug-likeness (QED) is 0.0343. The van der Waals surface area contributed by atoms with Gasteiger partial charge in [0, 0.05) is 65.3 Å². The van der Waals surface area contributed by atoms with E-state index in [1.54, 1.807) is 14.7 Å². The van der Waals surface area contributed by atoms with E-state index in [0.717, 1.165) is 0 Å². The minimum atomic E-state index is -8.81. The number of hydrogen-bond donors (Lipinski definition) is 12. The summed E-state index contributed by atoms with van der Waals surface area (Å²) in [7, 11) is -12.2. The molecule has 19 nitrogen and oxygen atoms in total. The Kier molecular flexibility index (Phi) is 33.5. The Morgan fingerprint density at radius 3 is 0.773 bits per heavy atom. The summed E-state index contributed by atoms with van der Waals surface area (Å²) in [5.74, 6) is -58.1. The Morgan fingerprint density at radius 2 is 0.576 bits per heavy atom. The van der Waals surface area contributed by atoms with Crippen molar-refractivity contribution in [3.05, 3.63) is 0 Å². The minimum absolute atomic E-state index is 0.0694. The van der Waals surface area contributed by atoms with Crippen molar-refractivity contribution in [2.45, 2.75) is 54.1 Å². The van der Waals surface area contributed by atoms with E-state index in [2.05, 4.69) is 8.83 Å². The molecular formula is C28H52F17N3O16P2. The van der Waals surface area contributed by atoms with Gasteiger partial charge in [0.2, 0.25) is 0 Å². The van der Waals surface area contributed by atoms with Gasteiger partial charge >= 0.3 is 63.3 Å². The van der Waals surface area contributed by atoms with Gasteiger partial charge in [0.1, 0.15) is 0 Å². The van der Waals surface area contributed by atoms with Gasteiger partial charge in [-0.25, -0.2) is 9.13 Å². The lowest BCUT2D eigenvalue weighted by Gasteiger charge is -2.42. The number of aliphatic hydroxyl groups excluding tert-OH is 9. The van der Waals surface area contributed by atoms with Crippen LogP contribution < -0.4 is 0 Å². The maximum absolute atomic E-state index is 13.5. The summed E-state index contributed by atoms with van der Waals surface area (Å²) in [6.45, 7) is 2.67. The molecule has 0 aliphatic rings. The molecule has 0 saturated carbocycles. The Morgan fingerprint density at radius 1 is 0.364 bits per heavy atom. The molecule has 0 rings (SSSR count). The highest BCUT2D eigenvalue weighted by molar-refractivity contribution is 7.60. The number of alkyl halides is 17. The van der Waals surface area contributed by atoms with Crippen molar-refractivity contribution in [2.75, 3.05) is 125 Å². The number of halogens is 17. The van der Waals surface area contributed by atoms with Gasteiger partial charge < -0.3 is 60.6 Å². The Balaban J connectivity index is -0.000000511. The second kappa shape index (κ2) is 31.0. The number of phosphoric acid groups is 2. The molecule has 0 aliphatic heterocycles. The number of hydrogen-bond acceptors (Lipinski definition) is 16. The molecule has 0 amide bonds. The summed E-state index contributed by atoms with van der Waals surface area (Å²) in [4.78, 5) is 30.3. The molecule has 0 aromatic carbocycles. The van der Waals surface area contributed by atoms with E-state index in [9.17, 15) is 83.8 Å². The molecule has 38 heteroatoms. The summed E-state index contributed by atoms with van der Waals surface area (Å²) in [5, 5.41) is 76.4. The molecule has 1 atom stereocenters. The molecule has 0 aliphatic carbocycles. The lowest BCUT2D eigenvalue weighted by molar-refractivity contribution is -0.461. The fourth-order valence-electron chi connectivity index (χ4n) is 4.08. The first-order valence-corrected chi connectivity index (χ1v) is 20.8. The van der Waals surface area contributed by atoms with Crippen LogP contribution in [-0.2, 0) is 18.0 Å². The van der Waals surface area contributed by atoms with Crippen molar-refractivity contribution in [3.63, 3.8) is 0 Å². The number of phosphoric ester groups is 1. The molecule has 0 saturated heterocycles. The van der Waals surface area contributed by atoms with Crippen molar-refractivity contribution in [1.29, 1.82) is 0 Å². The highest BCUT2D eigenvalue weighted by Gasteiger charge is 2.95. The largest absolute Gasteiger partial charge is 0.481 e. The van der Waals surface area contributed by atoms with E-state index in [-0.39, 0.29) is 59.5 Å². The monoisotopic (exact) mass is 1070 g/mol. The molecule has 0 fully saturated rings. The first-order valence-electron chi connectivity index (χ1n) is 17.8. The molecule has 66 heavy (non-hydrogen) atoms. The van der Waals surface area contributed by atoms with Crippen molar-refractivity contribution >= 4 is 15.6 Å². The normalized spacial score (nSPS) is 14.6. The summed E-state index contributed by atoms with van der Waals surface area (Å²) >= 11 is 0. The zero-order chi connectivity index (χ0) is 53.3. The van der Waals surface area contributed by atoms with E-state index in [4.69, 9.17) is 60.6 Å². The van der Waals surface area contributed by atoms with E-state index >= 15 is 0 Å². The van der Waals surface area contributed by atoms with Gasteiger partial charge in [-0.3, -0.25) is 19.2 Å². The predicted molar refractivity (Wildman–Crippen MR) is 187 cm³/mol. The van der Waals surface area contributed by atoms with Crippen LogP contribution in [0.4, 0.5) is 74.6 Å². The highest BCUT2D eigenvalue weighted by Crippen LogP contribution is 2.64. The average molecular weight is 1070 g/mol. The second-order valence-corrected chi connectivity index (χ2v) is 15.1. The lowest BCUT2D eigenvalue weighted by Crippen LogP contribution is -2.74. The topological polar surface area (TPSA) is 305 Å². The summed E-state index contributed by atoms with van der Waals surface area (Å²) < 4.78 is 249. The molecule has 404 valence electrons. The third kappa shape index (κ3) is 22.6. The van der Waals surface area contributed by atoms with Crippen molar-refractivity contribution in [3.8, 4) is 0 Å². The number of nitrogens with zero attached hydrogens (tertiary/aromatic N) is 3. The molecule has 0 bridgehead atoms. The fraction of sp³-hybridized carbons (Fsp3) is 1.00. The minimum Gasteiger partial charge on any atom is -0.395 e. The standard InChI is InChI=1S/C10H7F17O7P2.3C6H15NO3/c11-3(12,1-2-33-36(31,32)34-35(28,29)30)4(13,14)5(15,16)6(17,18)7(19,20)8(21,22)9(23,24)10(25,26)27;3*8-4-1-7(2-5-9)3-6-10/h1-2H2,(H,31,32)(H2,28,29,30);3*8-10H,1-6H2. The Labute approximate surface area is 363 Å². The van der Waals surface area contributed by atoms with Gasteiger partial charge in [0.15, 0.2) is 0 Å². The molecule has 0 radical (unpaired) electrons. The highest BCUT2D eigenvalue weighted by atomic mass is 31.3. The molecule has 0 aromatic rings. The van der Waals surface area contributed by atoms with Gasteiger partial charge in [0.05, 0.1) is 66.1 Å². The van der Waals surface area contributed by atoms with Gasteiger partial charge in [0.25, 0.3) is 0 Å². The Bertz CT molecular complexity index is 1300. The van der Waals surface area contributed by atoms with Crippen LogP contribution in [0.3, 0.4) is 0 Å². The van der Waals surface area contributed by atoms with E-state index in [1.165, 1.54) is 0 Å². The summed E-state index contributed by atoms with van der Waals surface area (Å²) in [6.07, 6.45) is -11.1. The van der Waals surface area contributed by atoms with Crippen LogP contribution in [0.1, 0.15) is 6.42 Å². The predicted octanol–water partition coefficient (Wildman–Crippen LogP) is 0.408. The van der Waals surface area contributed by atoms with Gasteiger partial charge in [-0.1, -0.05) is 0 Å². The SMILES string of the molecule is O=P(O)(O)OP(=O)(O)OCCC(F)(F)C(F)(F)C(F)(F)C(F)(F)C(F)(F)C(F)(F)C(F)(F)C(F)(F)F.OCCN(CCO)CCO.OCCN(CCO)CCO.OCCN(CCO)CCO. The molecule has 1 unspecified atom stereocenters. The van der Waals surface area contributed by atoms with Gasteiger partial charge in [-0.05, 0) is 0 Å². The van der Waals surface area contributed by atoms with Crippen molar-refractivity contribution in [2.24, 2.45) is 0 Å². The van der Waals surface area contributed by atoms with E-state index in [0.29, 0.717) is 58.9 Å². The molecule has 0 spiro atoms. The second-order valence-electron chi connectivity index (χ2n) is 12.3. The van der Waals surface area contributed by atoms with Crippen LogP contribution in [0, 0.1) is 0 Å². The zero-order valence-electron chi connectivity index (χ0n) is 33.8. The van der Waals surface area contributed by atoms with Gasteiger partial charge in [-0.15, -0.1) is 0 Å². The van der Waals surface area contributed by atoms with Gasteiger partial charge in [-0.2, -0.15) is 78.9 Å². The third-order valence-corrected chi connectivity index (χ3v) is 9.60. The van der Waals surface area contributed by atoms with Crippen LogP contribution in [0.15, 0.2) is 0 Å². The fourth-order valence-corrected chi connectivity index (χ4v) is 5.67. The van der Waals surface area contributed by atoms with Crippen molar-refractivity contribution < 1.29 is 153 Å². The molecular weight excluding hydrogens is 1020 g/mol. The van der Waals surface area contributed by atoms with E-state index < -0.39 is 76.3 Å². The number of rotatable bonds is 30.